The summed E-state index contributed by atoms with van der Waals surface area (Å²) >= 11 is 0. The van der Waals surface area contributed by atoms with Crippen molar-refractivity contribution in [2.24, 2.45) is 0 Å². The molecule has 1 saturated heterocycles. The molecule has 1 aliphatic heterocycles. The van der Waals surface area contributed by atoms with Gasteiger partial charge in [0.25, 0.3) is 0 Å². The van der Waals surface area contributed by atoms with Crippen LogP contribution in [0.2, 0.25) is 0 Å². The smallest absolute Gasteiger partial charge is 0.211 e. The lowest BCUT2D eigenvalue weighted by Crippen LogP contribution is -2.63. The van der Waals surface area contributed by atoms with Crippen LogP contribution in [0.4, 0.5) is 0 Å². The second-order valence-corrected chi connectivity index (χ2v) is 6.53. The van der Waals surface area contributed by atoms with Crippen molar-refractivity contribution in [3.8, 4) is 6.07 Å². The Labute approximate surface area is 101 Å². The number of aromatic nitrogens is 2. The molecule has 1 aromatic rings. The molecule has 2 heterocycles. The van der Waals surface area contributed by atoms with Crippen molar-refractivity contribution < 1.29 is 8.42 Å². The van der Waals surface area contributed by atoms with Crippen LogP contribution in [0.15, 0.2) is 12.4 Å². The molecular formula is C10H14N4O2S. The summed E-state index contributed by atoms with van der Waals surface area (Å²) in [5, 5.41) is 13.1. The van der Waals surface area contributed by atoms with Crippen molar-refractivity contribution >= 4 is 10.0 Å². The highest BCUT2D eigenvalue weighted by Gasteiger charge is 2.48. The zero-order valence-corrected chi connectivity index (χ0v) is 10.6. The predicted octanol–water partition coefficient (Wildman–Crippen LogP) is 0.0757. The molecule has 0 aliphatic carbocycles. The van der Waals surface area contributed by atoms with E-state index in [4.69, 9.17) is 5.26 Å². The van der Waals surface area contributed by atoms with Crippen LogP contribution in [0.3, 0.4) is 0 Å². The molecule has 17 heavy (non-hydrogen) atoms. The van der Waals surface area contributed by atoms with Gasteiger partial charge in [0.15, 0.2) is 0 Å². The van der Waals surface area contributed by atoms with E-state index in [2.05, 4.69) is 11.2 Å². The van der Waals surface area contributed by atoms with E-state index in [0.29, 0.717) is 13.1 Å². The summed E-state index contributed by atoms with van der Waals surface area (Å²) in [6.45, 7) is 2.55. The molecule has 0 amide bonds. The fourth-order valence-electron chi connectivity index (χ4n) is 2.00. The molecule has 0 radical (unpaired) electrons. The second-order valence-electron chi connectivity index (χ2n) is 4.55. The largest absolute Gasteiger partial charge is 0.263 e. The molecule has 1 aromatic heterocycles. The van der Waals surface area contributed by atoms with Crippen molar-refractivity contribution in [3.63, 3.8) is 0 Å². The second kappa shape index (κ2) is 3.82. The molecule has 0 spiro atoms. The van der Waals surface area contributed by atoms with E-state index in [1.165, 1.54) is 10.6 Å². The molecule has 92 valence electrons. The number of hydrogen-bond acceptors (Lipinski definition) is 4. The minimum absolute atomic E-state index is 0.264. The van der Waals surface area contributed by atoms with Gasteiger partial charge >= 0.3 is 0 Å². The highest BCUT2D eigenvalue weighted by atomic mass is 32.2. The molecular weight excluding hydrogens is 240 g/mol. The molecule has 0 aromatic carbocycles. The summed E-state index contributed by atoms with van der Waals surface area (Å²) < 4.78 is 25.8. The first-order chi connectivity index (χ1) is 7.87. The first-order valence-corrected chi connectivity index (χ1v) is 7.06. The van der Waals surface area contributed by atoms with Crippen molar-refractivity contribution in [2.45, 2.75) is 18.9 Å². The van der Waals surface area contributed by atoms with Crippen LogP contribution < -0.4 is 0 Å². The van der Waals surface area contributed by atoms with Crippen LogP contribution in [-0.4, -0.2) is 41.8 Å². The first kappa shape index (κ1) is 12.1. The van der Waals surface area contributed by atoms with E-state index in [-0.39, 0.29) is 6.42 Å². The first-order valence-electron chi connectivity index (χ1n) is 5.21. The number of nitriles is 1. The normalized spacial score (nSPS) is 19.6. The van der Waals surface area contributed by atoms with E-state index < -0.39 is 15.6 Å². The quantitative estimate of drug-likeness (QED) is 0.765. The topological polar surface area (TPSA) is 79.0 Å². The lowest BCUT2D eigenvalue weighted by atomic mass is 9.89. The van der Waals surface area contributed by atoms with Gasteiger partial charge in [-0.2, -0.15) is 14.7 Å². The Morgan fingerprint density at radius 3 is 2.65 bits per heavy atom. The SMILES string of the molecule is Cc1cnn(C2(CC#N)CN(S(C)(=O)=O)C2)c1. The van der Waals surface area contributed by atoms with E-state index in [9.17, 15) is 8.42 Å². The zero-order chi connectivity index (χ0) is 12.7. The summed E-state index contributed by atoms with van der Waals surface area (Å²) in [6, 6.07) is 2.11. The number of rotatable bonds is 3. The van der Waals surface area contributed by atoms with Crippen LogP contribution in [0.1, 0.15) is 12.0 Å². The third kappa shape index (κ3) is 2.06. The average molecular weight is 254 g/mol. The molecule has 0 saturated carbocycles. The Bertz CT molecular complexity index is 563. The Morgan fingerprint density at radius 1 is 1.59 bits per heavy atom. The van der Waals surface area contributed by atoms with E-state index in [1.54, 1.807) is 10.9 Å². The van der Waals surface area contributed by atoms with Crippen LogP contribution in [0, 0.1) is 18.3 Å². The molecule has 6 nitrogen and oxygen atoms in total. The van der Waals surface area contributed by atoms with Gasteiger partial charge in [-0.3, -0.25) is 4.68 Å². The van der Waals surface area contributed by atoms with Gasteiger partial charge in [0.05, 0.1) is 24.9 Å². The lowest BCUT2D eigenvalue weighted by molar-refractivity contribution is 0.0723. The zero-order valence-electron chi connectivity index (χ0n) is 9.79. The fraction of sp³-hybridized carbons (Fsp3) is 0.600. The number of sulfonamides is 1. The molecule has 1 fully saturated rings. The van der Waals surface area contributed by atoms with Crippen LogP contribution in [0.5, 0.6) is 0 Å². The van der Waals surface area contributed by atoms with Gasteiger partial charge < -0.3 is 0 Å². The van der Waals surface area contributed by atoms with Crippen LogP contribution >= 0.6 is 0 Å². The third-order valence-electron chi connectivity index (χ3n) is 3.02. The maximum absolute atomic E-state index is 11.4. The lowest BCUT2D eigenvalue weighted by Gasteiger charge is -2.47. The van der Waals surface area contributed by atoms with Crippen molar-refractivity contribution in [1.82, 2.24) is 14.1 Å². The summed E-state index contributed by atoms with van der Waals surface area (Å²) in [7, 11) is -3.17. The van der Waals surface area contributed by atoms with Gasteiger partial charge in [-0.25, -0.2) is 8.42 Å². The van der Waals surface area contributed by atoms with E-state index in [1.807, 2.05) is 13.1 Å². The molecule has 1 aliphatic rings. The number of hydrogen-bond donors (Lipinski definition) is 0. The minimum Gasteiger partial charge on any atom is -0.263 e. The Kier molecular flexibility index (Phi) is 2.72. The Balaban J connectivity index is 2.25. The molecule has 2 rings (SSSR count). The van der Waals surface area contributed by atoms with Gasteiger partial charge in [-0.15, -0.1) is 0 Å². The van der Waals surface area contributed by atoms with Gasteiger partial charge in [0.2, 0.25) is 10.0 Å². The summed E-state index contributed by atoms with van der Waals surface area (Å²) in [4.78, 5) is 0. The number of nitrogens with zero attached hydrogens (tertiary/aromatic N) is 4. The molecule has 7 heteroatoms. The van der Waals surface area contributed by atoms with Gasteiger partial charge in [0, 0.05) is 19.3 Å². The fourth-order valence-corrected chi connectivity index (χ4v) is 2.95. The summed E-state index contributed by atoms with van der Waals surface area (Å²) in [5.74, 6) is 0. The molecule has 0 bridgehead atoms. The minimum atomic E-state index is -3.17. The Hall–Kier alpha value is -1.39. The monoisotopic (exact) mass is 254 g/mol. The molecule has 0 atom stereocenters. The van der Waals surface area contributed by atoms with Crippen LogP contribution in [0.25, 0.3) is 0 Å². The van der Waals surface area contributed by atoms with Gasteiger partial charge in [-0.05, 0) is 12.5 Å². The summed E-state index contributed by atoms with van der Waals surface area (Å²) in [5.41, 5.74) is 0.506. The maximum atomic E-state index is 11.4. The van der Waals surface area contributed by atoms with Crippen molar-refractivity contribution in [3.05, 3.63) is 18.0 Å². The van der Waals surface area contributed by atoms with Crippen molar-refractivity contribution in [2.75, 3.05) is 19.3 Å². The maximum Gasteiger partial charge on any atom is 0.211 e. The van der Waals surface area contributed by atoms with Gasteiger partial charge in [0.1, 0.15) is 5.54 Å². The predicted molar refractivity (Wildman–Crippen MR) is 61.6 cm³/mol. The Morgan fingerprint density at radius 2 is 2.24 bits per heavy atom. The van der Waals surface area contributed by atoms with Crippen LogP contribution in [-0.2, 0) is 15.6 Å². The van der Waals surface area contributed by atoms with E-state index >= 15 is 0 Å². The standard InChI is InChI=1S/C10H14N4O2S/c1-9-5-12-14(6-9)10(3-4-11)7-13(8-10)17(2,15)16/h5-6H,3,7-8H2,1-2H3. The molecule has 0 N–H and O–H groups in total. The third-order valence-corrected chi connectivity index (χ3v) is 4.21. The average Bonchev–Trinajstić information content (AvgIpc) is 2.56. The summed E-state index contributed by atoms with van der Waals surface area (Å²) in [6.07, 6.45) is 5.00. The highest BCUT2D eigenvalue weighted by molar-refractivity contribution is 7.88. The van der Waals surface area contributed by atoms with Gasteiger partial charge in [-0.1, -0.05) is 0 Å². The number of aryl methyl sites for hydroxylation is 1. The van der Waals surface area contributed by atoms with Crippen molar-refractivity contribution in [1.29, 1.82) is 5.26 Å². The van der Waals surface area contributed by atoms with E-state index in [0.717, 1.165) is 5.56 Å². The molecule has 0 unspecified atom stereocenters. The highest BCUT2D eigenvalue weighted by Crippen LogP contribution is 2.33.